The van der Waals surface area contributed by atoms with Crippen LogP contribution in [0.15, 0.2) is 29.2 Å². The summed E-state index contributed by atoms with van der Waals surface area (Å²) in [5.74, 6) is 0.636. The highest BCUT2D eigenvalue weighted by atomic mass is 32.2. The Morgan fingerprint density at radius 1 is 1.28 bits per heavy atom. The largest absolute Gasteiger partial charge is 0.497 e. The number of methoxy groups -OCH3 is 1. The van der Waals surface area contributed by atoms with Crippen molar-refractivity contribution in [3.63, 3.8) is 0 Å². The predicted molar refractivity (Wildman–Crippen MR) is 97.8 cm³/mol. The van der Waals surface area contributed by atoms with Gasteiger partial charge in [-0.3, -0.25) is 9.52 Å². The van der Waals surface area contributed by atoms with Gasteiger partial charge >= 0.3 is 0 Å². The van der Waals surface area contributed by atoms with Crippen LogP contribution in [0.4, 0.5) is 5.13 Å². The summed E-state index contributed by atoms with van der Waals surface area (Å²) in [6.45, 7) is 6.21. The topological polar surface area (TPSA) is 97.4 Å². The van der Waals surface area contributed by atoms with Crippen molar-refractivity contribution in [1.82, 2.24) is 10.3 Å². The lowest BCUT2D eigenvalue weighted by atomic mass is 10.2. The molecule has 1 aromatic carbocycles. The quantitative estimate of drug-likeness (QED) is 0.766. The third-order valence-electron chi connectivity index (χ3n) is 3.27. The monoisotopic (exact) mass is 383 g/mol. The Labute approximate surface area is 151 Å². The average molecular weight is 383 g/mol. The lowest BCUT2D eigenvalue weighted by Gasteiger charge is -2.06. The van der Waals surface area contributed by atoms with Gasteiger partial charge < -0.3 is 10.1 Å². The third-order valence-corrected chi connectivity index (χ3v) is 5.82. The van der Waals surface area contributed by atoms with Gasteiger partial charge in [0.1, 0.15) is 10.6 Å². The highest BCUT2D eigenvalue weighted by molar-refractivity contribution is 7.93. The molecule has 1 aromatic heterocycles. The standard InChI is InChI=1S/C16H21N3O4S2/c1-10(2)9-17-15(20)14-11(3)18-16(24-14)19-25(21,22)13-7-5-12(23-4)6-8-13/h5-8,10H,9H2,1-4H3,(H,17,20)(H,18,19). The van der Waals surface area contributed by atoms with Gasteiger partial charge in [-0.2, -0.15) is 0 Å². The van der Waals surface area contributed by atoms with E-state index in [1.54, 1.807) is 19.1 Å². The number of sulfonamides is 1. The molecule has 0 unspecified atom stereocenters. The molecule has 2 N–H and O–H groups in total. The highest BCUT2D eigenvalue weighted by Gasteiger charge is 2.20. The lowest BCUT2D eigenvalue weighted by Crippen LogP contribution is -2.27. The Balaban J connectivity index is 2.16. The summed E-state index contributed by atoms with van der Waals surface area (Å²) in [5.41, 5.74) is 0.485. The maximum Gasteiger partial charge on any atom is 0.263 e. The maximum absolute atomic E-state index is 12.4. The minimum absolute atomic E-state index is 0.0898. The Morgan fingerprint density at radius 3 is 2.48 bits per heavy atom. The molecule has 136 valence electrons. The van der Waals surface area contributed by atoms with Crippen molar-refractivity contribution >= 4 is 32.4 Å². The van der Waals surface area contributed by atoms with E-state index < -0.39 is 10.0 Å². The zero-order chi connectivity index (χ0) is 18.6. The minimum Gasteiger partial charge on any atom is -0.497 e. The molecule has 2 aromatic rings. The van der Waals surface area contributed by atoms with Crippen molar-refractivity contribution in [2.45, 2.75) is 25.7 Å². The Hall–Kier alpha value is -2.13. The van der Waals surface area contributed by atoms with Crippen LogP contribution < -0.4 is 14.8 Å². The van der Waals surface area contributed by atoms with E-state index in [2.05, 4.69) is 15.0 Å². The molecule has 0 aliphatic heterocycles. The summed E-state index contributed by atoms with van der Waals surface area (Å²) in [4.78, 5) is 16.8. The number of nitrogens with zero attached hydrogens (tertiary/aromatic N) is 1. The molecule has 0 saturated heterocycles. The number of anilines is 1. The van der Waals surface area contributed by atoms with Crippen LogP contribution in [-0.2, 0) is 10.0 Å². The van der Waals surface area contributed by atoms with Crippen LogP contribution in [0.3, 0.4) is 0 Å². The highest BCUT2D eigenvalue weighted by Crippen LogP contribution is 2.25. The van der Waals surface area contributed by atoms with Crippen molar-refractivity contribution in [1.29, 1.82) is 0 Å². The van der Waals surface area contributed by atoms with Crippen LogP contribution in [0, 0.1) is 12.8 Å². The molecule has 1 heterocycles. The van der Waals surface area contributed by atoms with E-state index in [0.29, 0.717) is 28.8 Å². The van der Waals surface area contributed by atoms with Crippen molar-refractivity contribution in [3.05, 3.63) is 34.8 Å². The fourth-order valence-electron chi connectivity index (χ4n) is 1.96. The molecule has 0 saturated carbocycles. The molecule has 25 heavy (non-hydrogen) atoms. The van der Waals surface area contributed by atoms with E-state index in [-0.39, 0.29) is 15.9 Å². The van der Waals surface area contributed by atoms with Crippen LogP contribution in [0.2, 0.25) is 0 Å². The SMILES string of the molecule is COc1ccc(S(=O)(=O)Nc2nc(C)c(C(=O)NCC(C)C)s2)cc1. The number of aryl methyl sites for hydroxylation is 1. The summed E-state index contributed by atoms with van der Waals surface area (Å²) < 4.78 is 32.3. The van der Waals surface area contributed by atoms with Gasteiger partial charge in [0.05, 0.1) is 17.7 Å². The number of thiazole rings is 1. The molecule has 1 amide bonds. The molecule has 0 bridgehead atoms. The molecular weight excluding hydrogens is 362 g/mol. The Bertz CT molecular complexity index is 843. The number of amides is 1. The number of aromatic nitrogens is 1. The number of rotatable bonds is 7. The van der Waals surface area contributed by atoms with Crippen molar-refractivity contribution in [2.24, 2.45) is 5.92 Å². The molecule has 0 radical (unpaired) electrons. The number of hydrogen-bond donors (Lipinski definition) is 2. The first-order valence-corrected chi connectivity index (χ1v) is 9.95. The summed E-state index contributed by atoms with van der Waals surface area (Å²) in [6.07, 6.45) is 0. The van der Waals surface area contributed by atoms with Crippen LogP contribution in [0.5, 0.6) is 5.75 Å². The smallest absolute Gasteiger partial charge is 0.263 e. The van der Waals surface area contributed by atoms with E-state index >= 15 is 0 Å². The van der Waals surface area contributed by atoms with Crippen LogP contribution >= 0.6 is 11.3 Å². The molecule has 2 rings (SSSR count). The second-order valence-corrected chi connectivity index (χ2v) is 8.50. The van der Waals surface area contributed by atoms with E-state index in [1.807, 2.05) is 13.8 Å². The lowest BCUT2D eigenvalue weighted by molar-refractivity contribution is 0.0952. The number of hydrogen-bond acceptors (Lipinski definition) is 6. The van der Waals surface area contributed by atoms with Crippen molar-refractivity contribution in [3.8, 4) is 5.75 Å². The molecule has 7 nitrogen and oxygen atoms in total. The van der Waals surface area contributed by atoms with Gasteiger partial charge in [-0.15, -0.1) is 0 Å². The zero-order valence-electron chi connectivity index (χ0n) is 14.5. The molecular formula is C16H21N3O4S2. The van der Waals surface area contributed by atoms with Gasteiger partial charge in [-0.25, -0.2) is 13.4 Å². The van der Waals surface area contributed by atoms with Gasteiger partial charge in [0, 0.05) is 6.54 Å². The normalized spacial score (nSPS) is 11.4. The van der Waals surface area contributed by atoms with Crippen LogP contribution in [0.1, 0.15) is 29.2 Å². The minimum atomic E-state index is -3.78. The van der Waals surface area contributed by atoms with E-state index in [9.17, 15) is 13.2 Å². The van der Waals surface area contributed by atoms with Crippen LogP contribution in [-0.4, -0.2) is 33.0 Å². The van der Waals surface area contributed by atoms with Crippen molar-refractivity contribution in [2.75, 3.05) is 18.4 Å². The summed E-state index contributed by atoms with van der Waals surface area (Å²) in [5, 5.41) is 2.96. The Kier molecular flexibility index (Phi) is 6.02. The number of carbonyl (C=O) groups is 1. The first kappa shape index (κ1) is 19.2. The first-order chi connectivity index (χ1) is 11.7. The summed E-state index contributed by atoms with van der Waals surface area (Å²) in [6, 6.07) is 6.01. The molecule has 0 fully saturated rings. The zero-order valence-corrected chi connectivity index (χ0v) is 16.1. The van der Waals surface area contributed by atoms with E-state index in [1.165, 1.54) is 19.2 Å². The first-order valence-electron chi connectivity index (χ1n) is 7.65. The van der Waals surface area contributed by atoms with Gasteiger partial charge in [-0.1, -0.05) is 25.2 Å². The number of carbonyl (C=O) groups excluding carboxylic acids is 1. The van der Waals surface area contributed by atoms with E-state index in [0.717, 1.165) is 11.3 Å². The van der Waals surface area contributed by atoms with Crippen molar-refractivity contribution < 1.29 is 17.9 Å². The number of nitrogens with one attached hydrogen (secondary N) is 2. The molecule has 9 heteroatoms. The fraction of sp³-hybridized carbons (Fsp3) is 0.375. The van der Waals surface area contributed by atoms with E-state index in [4.69, 9.17) is 4.74 Å². The van der Waals surface area contributed by atoms with Crippen LogP contribution in [0.25, 0.3) is 0 Å². The van der Waals surface area contributed by atoms with Gasteiger partial charge in [0.25, 0.3) is 15.9 Å². The van der Waals surface area contributed by atoms with Gasteiger partial charge in [0.2, 0.25) is 0 Å². The van der Waals surface area contributed by atoms with Gasteiger partial charge in [-0.05, 0) is 37.1 Å². The Morgan fingerprint density at radius 2 is 1.92 bits per heavy atom. The molecule has 0 aliphatic carbocycles. The second-order valence-electron chi connectivity index (χ2n) is 5.82. The predicted octanol–water partition coefficient (Wildman–Crippen LogP) is 2.65. The fourth-order valence-corrected chi connectivity index (χ4v) is 4.07. The third kappa shape index (κ3) is 4.93. The average Bonchev–Trinajstić information content (AvgIpc) is 2.92. The molecule has 0 aliphatic rings. The molecule has 0 atom stereocenters. The summed E-state index contributed by atoms with van der Waals surface area (Å²) in [7, 11) is -2.28. The van der Waals surface area contributed by atoms with Gasteiger partial charge in [0.15, 0.2) is 5.13 Å². The maximum atomic E-state index is 12.4. The second kappa shape index (κ2) is 7.83. The molecule has 0 spiro atoms. The number of benzene rings is 1. The summed E-state index contributed by atoms with van der Waals surface area (Å²) >= 11 is 1.01. The number of ether oxygens (including phenoxy) is 1.